The van der Waals surface area contributed by atoms with Crippen molar-refractivity contribution in [1.82, 2.24) is 15.6 Å². The smallest absolute Gasteiger partial charge is 0.387 e. The summed E-state index contributed by atoms with van der Waals surface area (Å²) < 4.78 is 35.7. The third-order valence-corrected chi connectivity index (χ3v) is 4.95. The SMILES string of the molecule is CCCOc1ccc(CNC(=NC)NCc2nc(C)c(C)s2)c(OC(F)F)c1. The molecule has 0 amide bonds. The molecule has 1 heterocycles. The number of rotatable bonds is 9. The zero-order valence-corrected chi connectivity index (χ0v) is 17.3. The van der Waals surface area contributed by atoms with Gasteiger partial charge in [-0.05, 0) is 32.4 Å². The van der Waals surface area contributed by atoms with Crippen molar-refractivity contribution in [3.05, 3.63) is 39.3 Å². The second kappa shape index (κ2) is 10.8. The van der Waals surface area contributed by atoms with Gasteiger partial charge < -0.3 is 20.1 Å². The molecule has 2 aromatic rings. The largest absolute Gasteiger partial charge is 0.493 e. The van der Waals surface area contributed by atoms with Crippen molar-refractivity contribution in [3.63, 3.8) is 0 Å². The molecule has 0 spiro atoms. The quantitative estimate of drug-likeness (QED) is 0.481. The van der Waals surface area contributed by atoms with Crippen LogP contribution in [0.25, 0.3) is 0 Å². The summed E-state index contributed by atoms with van der Waals surface area (Å²) in [4.78, 5) is 9.80. The van der Waals surface area contributed by atoms with E-state index in [0.29, 0.717) is 30.4 Å². The number of nitrogens with one attached hydrogen (secondary N) is 2. The number of halogens is 2. The number of guanidine groups is 1. The van der Waals surface area contributed by atoms with Crippen LogP contribution in [0.5, 0.6) is 11.5 Å². The van der Waals surface area contributed by atoms with Gasteiger partial charge in [0.1, 0.15) is 16.5 Å². The summed E-state index contributed by atoms with van der Waals surface area (Å²) in [5.41, 5.74) is 1.59. The van der Waals surface area contributed by atoms with E-state index in [0.717, 1.165) is 17.1 Å². The average molecular weight is 413 g/mol. The second-order valence-electron chi connectivity index (χ2n) is 6.03. The monoisotopic (exact) mass is 412 g/mol. The van der Waals surface area contributed by atoms with Crippen LogP contribution in [-0.2, 0) is 13.1 Å². The number of hydrogen-bond acceptors (Lipinski definition) is 5. The predicted octanol–water partition coefficient (Wildman–Crippen LogP) is 4.02. The van der Waals surface area contributed by atoms with E-state index in [1.807, 2.05) is 20.8 Å². The molecule has 0 saturated heterocycles. The van der Waals surface area contributed by atoms with Crippen LogP contribution in [0, 0.1) is 13.8 Å². The van der Waals surface area contributed by atoms with Gasteiger partial charge in [-0.2, -0.15) is 8.78 Å². The van der Waals surface area contributed by atoms with Crippen LogP contribution in [-0.4, -0.2) is 31.2 Å². The number of aryl methyl sites for hydroxylation is 2. The number of hydrogen-bond donors (Lipinski definition) is 2. The topological polar surface area (TPSA) is 67.8 Å². The van der Waals surface area contributed by atoms with Crippen molar-refractivity contribution in [2.75, 3.05) is 13.7 Å². The van der Waals surface area contributed by atoms with Gasteiger partial charge in [0.2, 0.25) is 0 Å². The summed E-state index contributed by atoms with van der Waals surface area (Å²) in [6.07, 6.45) is 0.828. The Bertz CT molecular complexity index is 777. The Morgan fingerprint density at radius 2 is 2.00 bits per heavy atom. The Balaban J connectivity index is 1.99. The lowest BCUT2D eigenvalue weighted by molar-refractivity contribution is -0.0505. The van der Waals surface area contributed by atoms with Crippen molar-refractivity contribution in [2.45, 2.75) is 46.9 Å². The molecule has 0 radical (unpaired) electrons. The predicted molar refractivity (Wildman–Crippen MR) is 107 cm³/mol. The normalized spacial score (nSPS) is 11.6. The number of aromatic nitrogens is 1. The first-order valence-corrected chi connectivity index (χ1v) is 9.82. The van der Waals surface area contributed by atoms with Gasteiger partial charge >= 0.3 is 6.61 Å². The van der Waals surface area contributed by atoms with Crippen LogP contribution in [0.3, 0.4) is 0 Å². The highest BCUT2D eigenvalue weighted by Crippen LogP contribution is 2.26. The molecular formula is C19H26F2N4O2S. The fourth-order valence-corrected chi connectivity index (χ4v) is 3.24. The molecule has 0 atom stereocenters. The molecule has 0 aliphatic heterocycles. The maximum absolute atomic E-state index is 12.8. The summed E-state index contributed by atoms with van der Waals surface area (Å²) in [5, 5.41) is 7.23. The van der Waals surface area contributed by atoms with E-state index in [1.54, 1.807) is 30.5 Å². The van der Waals surface area contributed by atoms with E-state index in [9.17, 15) is 8.78 Å². The van der Waals surface area contributed by atoms with Crippen molar-refractivity contribution in [3.8, 4) is 11.5 Å². The van der Waals surface area contributed by atoms with E-state index in [1.165, 1.54) is 10.9 Å². The molecule has 2 rings (SSSR count). The van der Waals surface area contributed by atoms with Crippen LogP contribution >= 0.6 is 11.3 Å². The van der Waals surface area contributed by atoms with Gasteiger partial charge in [-0.1, -0.05) is 6.92 Å². The van der Waals surface area contributed by atoms with Gasteiger partial charge in [-0.25, -0.2) is 4.98 Å². The third-order valence-electron chi connectivity index (χ3n) is 3.88. The summed E-state index contributed by atoms with van der Waals surface area (Å²) in [6.45, 7) is 4.38. The highest BCUT2D eigenvalue weighted by molar-refractivity contribution is 7.11. The van der Waals surface area contributed by atoms with Crippen LogP contribution < -0.4 is 20.1 Å². The van der Waals surface area contributed by atoms with E-state index in [2.05, 4.69) is 25.3 Å². The molecule has 1 aromatic carbocycles. The molecule has 0 bridgehead atoms. The molecule has 0 fully saturated rings. The molecule has 0 aliphatic carbocycles. The Kier molecular flexibility index (Phi) is 8.43. The molecule has 154 valence electrons. The maximum atomic E-state index is 12.8. The van der Waals surface area contributed by atoms with Crippen LogP contribution in [0.15, 0.2) is 23.2 Å². The van der Waals surface area contributed by atoms with Crippen molar-refractivity contribution >= 4 is 17.3 Å². The Labute approximate surface area is 168 Å². The lowest BCUT2D eigenvalue weighted by atomic mass is 10.2. The number of ether oxygens (including phenoxy) is 2. The lowest BCUT2D eigenvalue weighted by Crippen LogP contribution is -2.36. The van der Waals surface area contributed by atoms with Crippen molar-refractivity contribution in [1.29, 1.82) is 0 Å². The highest BCUT2D eigenvalue weighted by Gasteiger charge is 2.12. The molecule has 28 heavy (non-hydrogen) atoms. The maximum Gasteiger partial charge on any atom is 0.387 e. The zero-order chi connectivity index (χ0) is 20.5. The van der Waals surface area contributed by atoms with E-state index in [4.69, 9.17) is 4.74 Å². The summed E-state index contributed by atoms with van der Waals surface area (Å²) in [5.74, 6) is 1.12. The molecule has 2 N–H and O–H groups in total. The molecular weight excluding hydrogens is 386 g/mol. The van der Waals surface area contributed by atoms with Crippen LogP contribution in [0.1, 0.15) is 34.5 Å². The standard InChI is InChI=1S/C19H26F2N4O2S/c1-5-8-26-15-7-6-14(16(9-15)27-18(20)21)10-23-19(22-4)24-11-17-25-12(2)13(3)28-17/h6-7,9,18H,5,8,10-11H2,1-4H3,(H2,22,23,24). The van der Waals surface area contributed by atoms with Crippen molar-refractivity contribution < 1.29 is 18.3 Å². The first-order valence-electron chi connectivity index (χ1n) is 9.00. The average Bonchev–Trinajstić information content (AvgIpc) is 2.98. The van der Waals surface area contributed by atoms with Gasteiger partial charge in [-0.3, -0.25) is 4.99 Å². The second-order valence-corrected chi connectivity index (χ2v) is 7.31. The van der Waals surface area contributed by atoms with E-state index >= 15 is 0 Å². The van der Waals surface area contributed by atoms with E-state index < -0.39 is 6.61 Å². The molecule has 0 aliphatic rings. The minimum absolute atomic E-state index is 0.0812. The Hall–Kier alpha value is -2.42. The fourth-order valence-electron chi connectivity index (χ4n) is 2.37. The number of thiazole rings is 1. The molecule has 6 nitrogen and oxygen atoms in total. The highest BCUT2D eigenvalue weighted by atomic mass is 32.1. The van der Waals surface area contributed by atoms with E-state index in [-0.39, 0.29) is 12.3 Å². The Morgan fingerprint density at radius 1 is 1.25 bits per heavy atom. The van der Waals surface area contributed by atoms with Gasteiger partial charge in [0, 0.05) is 30.1 Å². The summed E-state index contributed by atoms with van der Waals surface area (Å²) >= 11 is 1.62. The molecule has 0 unspecified atom stereocenters. The van der Waals surface area contributed by atoms with Gasteiger partial charge in [0.15, 0.2) is 5.96 Å². The van der Waals surface area contributed by atoms with Crippen molar-refractivity contribution in [2.24, 2.45) is 4.99 Å². The molecule has 0 saturated carbocycles. The number of aliphatic imine (C=N–C) groups is 1. The third kappa shape index (κ3) is 6.63. The first-order chi connectivity index (χ1) is 13.4. The zero-order valence-electron chi connectivity index (χ0n) is 16.5. The van der Waals surface area contributed by atoms with Gasteiger partial charge in [-0.15, -0.1) is 11.3 Å². The lowest BCUT2D eigenvalue weighted by Gasteiger charge is -2.15. The summed E-state index contributed by atoms with van der Waals surface area (Å²) in [7, 11) is 1.64. The van der Waals surface area contributed by atoms with Crippen LogP contribution in [0.2, 0.25) is 0 Å². The number of benzene rings is 1. The van der Waals surface area contributed by atoms with Crippen LogP contribution in [0.4, 0.5) is 8.78 Å². The number of alkyl halides is 2. The molecule has 1 aromatic heterocycles. The summed E-state index contributed by atoms with van der Waals surface area (Å²) in [6, 6.07) is 4.93. The minimum Gasteiger partial charge on any atom is -0.493 e. The van der Waals surface area contributed by atoms with Gasteiger partial charge in [0.05, 0.1) is 18.8 Å². The fraction of sp³-hybridized carbons (Fsp3) is 0.474. The minimum atomic E-state index is -2.91. The first kappa shape index (κ1) is 21.9. The Morgan fingerprint density at radius 3 is 2.61 bits per heavy atom. The number of nitrogens with zero attached hydrogens (tertiary/aromatic N) is 2. The van der Waals surface area contributed by atoms with Gasteiger partial charge in [0.25, 0.3) is 0 Å². The molecule has 9 heteroatoms.